The van der Waals surface area contributed by atoms with Crippen molar-refractivity contribution in [1.29, 1.82) is 0 Å². The van der Waals surface area contributed by atoms with Gasteiger partial charge in [0.1, 0.15) is 5.69 Å². The van der Waals surface area contributed by atoms with Crippen LogP contribution >= 0.6 is 0 Å². The van der Waals surface area contributed by atoms with E-state index in [1.165, 1.54) is 10.8 Å². The number of nitrogens with one attached hydrogen (secondary N) is 1. The van der Waals surface area contributed by atoms with Gasteiger partial charge in [-0.3, -0.25) is 0 Å². The van der Waals surface area contributed by atoms with Crippen molar-refractivity contribution in [2.75, 3.05) is 12.4 Å². The zero-order valence-corrected chi connectivity index (χ0v) is 6.33. The lowest BCUT2D eigenvalue weighted by Gasteiger charge is -1.99. The Bertz CT molecular complexity index is 279. The largest absolute Gasteiger partial charge is 0.477 e. The van der Waals surface area contributed by atoms with Gasteiger partial charge >= 0.3 is 5.97 Å². The summed E-state index contributed by atoms with van der Waals surface area (Å²) in [4.78, 5) is 14.3. The lowest BCUT2D eigenvalue weighted by molar-refractivity contribution is 0.0686. The van der Waals surface area contributed by atoms with Crippen molar-refractivity contribution in [1.82, 2.24) is 9.55 Å². The molecule has 0 saturated carbocycles. The average Bonchev–Trinajstić information content (AvgIpc) is 2.30. The maximum Gasteiger partial charge on any atom is 0.354 e. The summed E-state index contributed by atoms with van der Waals surface area (Å²) < 4.78 is 1.47. The second kappa shape index (κ2) is 2.61. The number of imidazole rings is 1. The van der Waals surface area contributed by atoms with Gasteiger partial charge in [0, 0.05) is 14.1 Å². The minimum absolute atomic E-state index is 0.175. The van der Waals surface area contributed by atoms with Gasteiger partial charge in [0.25, 0.3) is 0 Å². The van der Waals surface area contributed by atoms with Crippen LogP contribution < -0.4 is 5.32 Å². The van der Waals surface area contributed by atoms with Crippen LogP contribution in [-0.4, -0.2) is 27.7 Å². The Morgan fingerprint density at radius 3 is 2.73 bits per heavy atom. The van der Waals surface area contributed by atoms with Crippen molar-refractivity contribution in [3.05, 3.63) is 11.9 Å². The molecule has 0 amide bonds. The van der Waals surface area contributed by atoms with Crippen LogP contribution in [-0.2, 0) is 7.05 Å². The Morgan fingerprint density at radius 2 is 2.45 bits per heavy atom. The Balaban J connectivity index is 3.10. The zero-order chi connectivity index (χ0) is 8.43. The molecule has 0 fully saturated rings. The van der Waals surface area contributed by atoms with Crippen LogP contribution in [0.3, 0.4) is 0 Å². The summed E-state index contributed by atoms with van der Waals surface area (Å²) >= 11 is 0. The predicted molar refractivity (Wildman–Crippen MR) is 39.7 cm³/mol. The highest BCUT2D eigenvalue weighted by Crippen LogP contribution is 2.06. The summed E-state index contributed by atoms with van der Waals surface area (Å²) in [6.45, 7) is 0. The molecule has 1 aromatic rings. The van der Waals surface area contributed by atoms with Gasteiger partial charge in [-0.2, -0.15) is 0 Å². The number of aromatic nitrogens is 2. The number of carboxylic acids is 1. The minimum atomic E-state index is -0.971. The SMILES string of the molecule is CNc1ncc(C(=O)O)n1C. The summed E-state index contributed by atoms with van der Waals surface area (Å²) in [5.74, 6) is -0.427. The first-order valence-corrected chi connectivity index (χ1v) is 3.09. The van der Waals surface area contributed by atoms with Crippen molar-refractivity contribution >= 4 is 11.9 Å². The molecule has 0 radical (unpaired) electrons. The topological polar surface area (TPSA) is 67.2 Å². The lowest BCUT2D eigenvalue weighted by Crippen LogP contribution is -2.06. The second-order valence-electron chi connectivity index (χ2n) is 2.08. The van der Waals surface area contributed by atoms with Crippen LogP contribution in [0.15, 0.2) is 6.20 Å². The highest BCUT2D eigenvalue weighted by atomic mass is 16.4. The number of carboxylic acid groups (broad SMARTS) is 1. The van der Waals surface area contributed by atoms with E-state index in [0.29, 0.717) is 5.95 Å². The number of nitrogens with zero attached hydrogens (tertiary/aromatic N) is 2. The summed E-state index contributed by atoms with van der Waals surface area (Å²) in [5.41, 5.74) is 0.175. The predicted octanol–water partition coefficient (Wildman–Crippen LogP) is 0.160. The Morgan fingerprint density at radius 1 is 1.82 bits per heavy atom. The molecule has 0 unspecified atom stereocenters. The molecule has 0 aliphatic carbocycles. The normalized spacial score (nSPS) is 9.64. The van der Waals surface area contributed by atoms with Crippen molar-refractivity contribution in [3.63, 3.8) is 0 Å². The first-order valence-electron chi connectivity index (χ1n) is 3.09. The van der Waals surface area contributed by atoms with E-state index in [1.54, 1.807) is 14.1 Å². The molecule has 60 valence electrons. The molecule has 0 atom stereocenters. The molecule has 1 rings (SSSR count). The molecule has 2 N–H and O–H groups in total. The molecule has 11 heavy (non-hydrogen) atoms. The van der Waals surface area contributed by atoms with Crippen molar-refractivity contribution in [3.8, 4) is 0 Å². The third kappa shape index (κ3) is 1.17. The summed E-state index contributed by atoms with van der Waals surface area (Å²) in [5, 5.41) is 11.3. The van der Waals surface area contributed by atoms with Crippen molar-refractivity contribution < 1.29 is 9.90 Å². The first-order chi connectivity index (χ1) is 5.16. The minimum Gasteiger partial charge on any atom is -0.477 e. The van der Waals surface area contributed by atoms with Gasteiger partial charge in [-0.25, -0.2) is 9.78 Å². The summed E-state index contributed by atoms with van der Waals surface area (Å²) in [6.07, 6.45) is 1.31. The van der Waals surface area contributed by atoms with E-state index < -0.39 is 5.97 Å². The fraction of sp³-hybridized carbons (Fsp3) is 0.333. The molecule has 0 spiro atoms. The fourth-order valence-electron chi connectivity index (χ4n) is 0.841. The maximum atomic E-state index is 10.5. The van der Waals surface area contributed by atoms with Crippen LogP contribution in [0.2, 0.25) is 0 Å². The number of rotatable bonds is 2. The highest BCUT2D eigenvalue weighted by Gasteiger charge is 2.10. The third-order valence-electron chi connectivity index (χ3n) is 1.43. The smallest absolute Gasteiger partial charge is 0.354 e. The Labute approximate surface area is 63.7 Å². The second-order valence-corrected chi connectivity index (χ2v) is 2.08. The van der Waals surface area contributed by atoms with E-state index >= 15 is 0 Å². The number of hydrogen-bond donors (Lipinski definition) is 2. The third-order valence-corrected chi connectivity index (χ3v) is 1.43. The van der Waals surface area contributed by atoms with Crippen LogP contribution in [0.1, 0.15) is 10.5 Å². The molecule has 1 heterocycles. The number of carbonyl (C=O) groups is 1. The highest BCUT2D eigenvalue weighted by molar-refractivity contribution is 5.86. The molecule has 0 aromatic carbocycles. The van der Waals surface area contributed by atoms with Gasteiger partial charge in [0.15, 0.2) is 0 Å². The van der Waals surface area contributed by atoms with Gasteiger partial charge in [-0.15, -0.1) is 0 Å². The maximum absolute atomic E-state index is 10.5. The van der Waals surface area contributed by atoms with Gasteiger partial charge in [-0.05, 0) is 0 Å². The molecule has 5 heteroatoms. The molecule has 0 aliphatic heterocycles. The van der Waals surface area contributed by atoms with Crippen molar-refractivity contribution in [2.45, 2.75) is 0 Å². The Kier molecular flexibility index (Phi) is 1.80. The molecular formula is C6H9N3O2. The van der Waals surface area contributed by atoms with E-state index in [9.17, 15) is 4.79 Å². The fourth-order valence-corrected chi connectivity index (χ4v) is 0.841. The van der Waals surface area contributed by atoms with Crippen LogP contribution in [0.25, 0.3) is 0 Å². The monoisotopic (exact) mass is 155 g/mol. The molecule has 0 bridgehead atoms. The van der Waals surface area contributed by atoms with Crippen LogP contribution in [0, 0.1) is 0 Å². The zero-order valence-electron chi connectivity index (χ0n) is 6.33. The van der Waals surface area contributed by atoms with Gasteiger partial charge in [0.2, 0.25) is 5.95 Å². The summed E-state index contributed by atoms with van der Waals surface area (Å²) in [7, 11) is 3.33. The number of aromatic carboxylic acids is 1. The quantitative estimate of drug-likeness (QED) is 0.638. The molecule has 0 saturated heterocycles. The molecule has 0 aliphatic rings. The van der Waals surface area contributed by atoms with E-state index in [0.717, 1.165) is 0 Å². The van der Waals surface area contributed by atoms with E-state index in [1.807, 2.05) is 0 Å². The molecular weight excluding hydrogens is 146 g/mol. The first kappa shape index (κ1) is 7.59. The van der Waals surface area contributed by atoms with E-state index in [-0.39, 0.29) is 5.69 Å². The van der Waals surface area contributed by atoms with E-state index in [2.05, 4.69) is 10.3 Å². The van der Waals surface area contributed by atoms with E-state index in [4.69, 9.17) is 5.11 Å². The average molecular weight is 155 g/mol. The van der Waals surface area contributed by atoms with Gasteiger partial charge in [0.05, 0.1) is 6.20 Å². The standard InChI is InChI=1S/C6H9N3O2/c1-7-6-8-3-4(5(10)11)9(6)2/h3H,1-2H3,(H,7,8)(H,10,11). The summed E-state index contributed by atoms with van der Waals surface area (Å²) in [6, 6.07) is 0. The van der Waals surface area contributed by atoms with Crippen molar-refractivity contribution in [2.24, 2.45) is 7.05 Å². The number of anilines is 1. The lowest BCUT2D eigenvalue weighted by atomic mass is 10.5. The molecule has 1 aromatic heterocycles. The van der Waals surface area contributed by atoms with Crippen LogP contribution in [0.5, 0.6) is 0 Å². The Hall–Kier alpha value is -1.52. The van der Waals surface area contributed by atoms with Gasteiger partial charge in [-0.1, -0.05) is 0 Å². The number of hydrogen-bond acceptors (Lipinski definition) is 3. The van der Waals surface area contributed by atoms with Gasteiger partial charge < -0.3 is 15.0 Å². The van der Waals surface area contributed by atoms with Crippen LogP contribution in [0.4, 0.5) is 5.95 Å². The molecule has 5 nitrogen and oxygen atoms in total.